The van der Waals surface area contributed by atoms with Gasteiger partial charge in [0.25, 0.3) is 0 Å². The van der Waals surface area contributed by atoms with Crippen molar-refractivity contribution < 1.29 is 14.3 Å². The maximum atomic E-state index is 13.1. The number of methoxy groups -OCH3 is 1. The molecule has 128 valence electrons. The van der Waals surface area contributed by atoms with E-state index in [0.29, 0.717) is 39.5 Å². The van der Waals surface area contributed by atoms with Crippen molar-refractivity contribution in [1.82, 2.24) is 0 Å². The molecule has 0 fully saturated rings. The van der Waals surface area contributed by atoms with Gasteiger partial charge in [-0.25, -0.2) is 0 Å². The number of hydrogen-bond donors (Lipinski definition) is 2. The molecule has 26 heavy (non-hydrogen) atoms. The molecule has 5 nitrogen and oxygen atoms in total. The van der Waals surface area contributed by atoms with Crippen LogP contribution < -0.4 is 15.8 Å². The van der Waals surface area contributed by atoms with E-state index in [-0.39, 0.29) is 17.1 Å². The first-order valence-electron chi connectivity index (χ1n) is 8.12. The average Bonchev–Trinajstić information content (AvgIpc) is 2.67. The molecule has 3 aromatic rings. The van der Waals surface area contributed by atoms with Crippen molar-refractivity contribution in [1.29, 1.82) is 0 Å². The van der Waals surface area contributed by atoms with Gasteiger partial charge in [-0.3, -0.25) is 9.59 Å². The zero-order chi connectivity index (χ0) is 18.3. The molecular weight excluding hydrogens is 328 g/mol. The fraction of sp³-hybridized carbons (Fsp3) is 0.0476. The number of anilines is 3. The smallest absolute Gasteiger partial charge is 0.196 e. The number of nitrogens with one attached hydrogen (secondary N) is 1. The predicted octanol–water partition coefficient (Wildman–Crippen LogP) is 3.80. The topological polar surface area (TPSA) is 81.4 Å². The van der Waals surface area contributed by atoms with Crippen molar-refractivity contribution >= 4 is 28.6 Å². The molecule has 0 amide bonds. The van der Waals surface area contributed by atoms with Crippen LogP contribution in [0.1, 0.15) is 31.8 Å². The van der Waals surface area contributed by atoms with Gasteiger partial charge in [0.2, 0.25) is 0 Å². The highest BCUT2D eigenvalue weighted by Crippen LogP contribution is 2.37. The highest BCUT2D eigenvalue weighted by molar-refractivity contribution is 6.31. The van der Waals surface area contributed by atoms with Crippen LogP contribution in [0.25, 0.3) is 0 Å². The Bertz CT molecular complexity index is 1060. The number of benzene rings is 3. The minimum absolute atomic E-state index is 0.222. The second kappa shape index (κ2) is 6.04. The van der Waals surface area contributed by atoms with Crippen LogP contribution in [-0.2, 0) is 0 Å². The predicted molar refractivity (Wildman–Crippen MR) is 100 cm³/mol. The average molecular weight is 344 g/mol. The van der Waals surface area contributed by atoms with E-state index in [1.165, 1.54) is 0 Å². The van der Waals surface area contributed by atoms with Crippen LogP contribution in [-0.4, -0.2) is 18.7 Å². The monoisotopic (exact) mass is 344 g/mol. The van der Waals surface area contributed by atoms with E-state index in [0.717, 1.165) is 0 Å². The number of carbonyl (C=O) groups is 2. The summed E-state index contributed by atoms with van der Waals surface area (Å²) < 4.78 is 5.35. The fourth-order valence-electron chi connectivity index (χ4n) is 3.24. The molecule has 0 unspecified atom stereocenters. The lowest BCUT2D eigenvalue weighted by atomic mass is 9.82. The van der Waals surface area contributed by atoms with Crippen LogP contribution in [0.4, 0.5) is 17.1 Å². The van der Waals surface area contributed by atoms with Crippen molar-refractivity contribution in [3.05, 3.63) is 82.9 Å². The number of carbonyl (C=O) groups excluding carboxylic acids is 2. The van der Waals surface area contributed by atoms with E-state index >= 15 is 0 Å². The Kier molecular flexibility index (Phi) is 3.69. The Morgan fingerprint density at radius 1 is 0.769 bits per heavy atom. The third kappa shape index (κ3) is 2.33. The number of ether oxygens (including phenoxy) is 1. The summed E-state index contributed by atoms with van der Waals surface area (Å²) in [6.07, 6.45) is 0. The minimum atomic E-state index is -0.239. The summed E-state index contributed by atoms with van der Waals surface area (Å²) >= 11 is 0. The minimum Gasteiger partial charge on any atom is -0.495 e. The Balaban J connectivity index is 1.90. The standard InChI is InChI=1S/C21H16N2O3/c1-26-17-9-5-4-8-15(17)23-16-11-10-14(22)18-19(16)21(25)13-7-3-2-6-12(13)20(18)24/h2-11,23H,22H2,1H3. The van der Waals surface area contributed by atoms with E-state index < -0.39 is 0 Å². The molecule has 3 N–H and O–H groups in total. The largest absolute Gasteiger partial charge is 0.495 e. The van der Waals surface area contributed by atoms with Gasteiger partial charge in [-0.2, -0.15) is 0 Å². The van der Waals surface area contributed by atoms with Gasteiger partial charge in [0.1, 0.15) is 5.75 Å². The van der Waals surface area contributed by atoms with Crippen LogP contribution in [0.2, 0.25) is 0 Å². The fourth-order valence-corrected chi connectivity index (χ4v) is 3.24. The number of rotatable bonds is 3. The van der Waals surface area contributed by atoms with Gasteiger partial charge in [0.05, 0.1) is 29.6 Å². The summed E-state index contributed by atoms with van der Waals surface area (Å²) in [6, 6.07) is 17.5. The highest BCUT2D eigenvalue weighted by atomic mass is 16.5. The molecule has 5 heteroatoms. The molecule has 1 aliphatic carbocycles. The molecule has 1 aliphatic rings. The molecule has 0 atom stereocenters. The van der Waals surface area contributed by atoms with Crippen LogP contribution in [0.15, 0.2) is 60.7 Å². The second-order valence-electron chi connectivity index (χ2n) is 5.98. The number of nitrogens with two attached hydrogens (primary N) is 1. The van der Waals surface area contributed by atoms with Crippen molar-refractivity contribution in [2.75, 3.05) is 18.2 Å². The first kappa shape index (κ1) is 15.9. The first-order valence-corrected chi connectivity index (χ1v) is 8.12. The lowest BCUT2D eigenvalue weighted by molar-refractivity contribution is 0.0980. The van der Waals surface area contributed by atoms with E-state index in [9.17, 15) is 9.59 Å². The molecule has 0 saturated carbocycles. The number of ketones is 2. The zero-order valence-corrected chi connectivity index (χ0v) is 14.1. The molecule has 4 rings (SSSR count). The van der Waals surface area contributed by atoms with Crippen molar-refractivity contribution in [3.8, 4) is 5.75 Å². The SMILES string of the molecule is COc1ccccc1Nc1ccc(N)c2c1C(=O)c1ccccc1C2=O. The molecule has 0 bridgehead atoms. The normalized spacial score (nSPS) is 12.3. The molecule has 0 spiro atoms. The van der Waals surface area contributed by atoms with Gasteiger partial charge in [0, 0.05) is 16.8 Å². The zero-order valence-electron chi connectivity index (χ0n) is 14.1. The highest BCUT2D eigenvalue weighted by Gasteiger charge is 2.33. The summed E-state index contributed by atoms with van der Waals surface area (Å²) in [5.41, 5.74) is 8.85. The van der Waals surface area contributed by atoms with Crippen molar-refractivity contribution in [3.63, 3.8) is 0 Å². The number of para-hydroxylation sites is 2. The van der Waals surface area contributed by atoms with Crippen LogP contribution in [0.3, 0.4) is 0 Å². The van der Waals surface area contributed by atoms with E-state index in [2.05, 4.69) is 5.32 Å². The van der Waals surface area contributed by atoms with Gasteiger partial charge in [-0.1, -0.05) is 36.4 Å². The molecule has 0 heterocycles. The van der Waals surface area contributed by atoms with Crippen LogP contribution >= 0.6 is 0 Å². The molecule has 0 aromatic heterocycles. The Hall–Kier alpha value is -3.60. The molecule has 0 saturated heterocycles. The molecule has 0 aliphatic heterocycles. The van der Waals surface area contributed by atoms with E-state index in [1.807, 2.05) is 24.3 Å². The van der Waals surface area contributed by atoms with Crippen LogP contribution in [0.5, 0.6) is 5.75 Å². The van der Waals surface area contributed by atoms with Gasteiger partial charge in [-0.15, -0.1) is 0 Å². The lowest BCUT2D eigenvalue weighted by Gasteiger charge is -2.22. The molecule has 0 radical (unpaired) electrons. The summed E-state index contributed by atoms with van der Waals surface area (Å²) in [5, 5.41) is 3.21. The Morgan fingerprint density at radius 3 is 2.08 bits per heavy atom. The third-order valence-corrected chi connectivity index (χ3v) is 4.48. The summed E-state index contributed by atoms with van der Waals surface area (Å²) in [5.74, 6) is 0.171. The number of hydrogen-bond acceptors (Lipinski definition) is 5. The molecule has 3 aromatic carbocycles. The Morgan fingerprint density at radius 2 is 1.38 bits per heavy atom. The van der Waals surface area contributed by atoms with E-state index in [4.69, 9.17) is 10.5 Å². The quantitative estimate of drug-likeness (QED) is 0.553. The van der Waals surface area contributed by atoms with Crippen LogP contribution in [0, 0.1) is 0 Å². The first-order chi connectivity index (χ1) is 12.6. The number of nitrogen functional groups attached to an aromatic ring is 1. The second-order valence-corrected chi connectivity index (χ2v) is 5.98. The maximum absolute atomic E-state index is 13.1. The number of fused-ring (bicyclic) bond motifs is 2. The van der Waals surface area contributed by atoms with Crippen molar-refractivity contribution in [2.24, 2.45) is 0 Å². The lowest BCUT2D eigenvalue weighted by Crippen LogP contribution is -2.23. The van der Waals surface area contributed by atoms with Gasteiger partial charge in [-0.05, 0) is 24.3 Å². The Labute approximate surface area is 150 Å². The van der Waals surface area contributed by atoms with Gasteiger partial charge in [0.15, 0.2) is 11.6 Å². The molecular formula is C21H16N2O3. The van der Waals surface area contributed by atoms with Crippen molar-refractivity contribution in [2.45, 2.75) is 0 Å². The summed E-state index contributed by atoms with van der Waals surface area (Å²) in [6.45, 7) is 0. The van der Waals surface area contributed by atoms with E-state index in [1.54, 1.807) is 43.5 Å². The summed E-state index contributed by atoms with van der Waals surface area (Å²) in [4.78, 5) is 26.0. The van der Waals surface area contributed by atoms with Gasteiger partial charge < -0.3 is 15.8 Å². The summed E-state index contributed by atoms with van der Waals surface area (Å²) in [7, 11) is 1.57. The maximum Gasteiger partial charge on any atom is 0.196 e. The third-order valence-electron chi connectivity index (χ3n) is 4.48. The van der Waals surface area contributed by atoms with Gasteiger partial charge >= 0.3 is 0 Å².